The zero-order chi connectivity index (χ0) is 7.78. The molecule has 0 aromatic heterocycles. The van der Waals surface area contributed by atoms with Gasteiger partial charge in [0.1, 0.15) is 0 Å². The Kier molecular flexibility index (Phi) is 1.44. The zero-order valence-electron chi connectivity index (χ0n) is 4.60. The van der Waals surface area contributed by atoms with Gasteiger partial charge in [-0.05, 0) is 0 Å². The first-order valence-electron chi connectivity index (χ1n) is 2.31. The van der Waals surface area contributed by atoms with Crippen molar-refractivity contribution in [3.05, 3.63) is 0 Å². The molecule has 0 saturated carbocycles. The summed E-state index contributed by atoms with van der Waals surface area (Å²) in [5.74, 6) is -1.20. The van der Waals surface area contributed by atoms with E-state index < -0.39 is 17.1 Å². The molecule has 0 aromatic carbocycles. The molecule has 0 spiro atoms. The zero-order valence-corrected chi connectivity index (χ0v) is 5.35. The molecular formula is C4H2ClFN2O2. The normalized spacial score (nSPS) is 32.2. The van der Waals surface area contributed by atoms with Gasteiger partial charge >= 0.3 is 6.03 Å². The number of urea groups is 1. The molecule has 1 N–H and O–H groups in total. The van der Waals surface area contributed by atoms with Gasteiger partial charge in [0.25, 0.3) is 11.0 Å². The van der Waals surface area contributed by atoms with Crippen LogP contribution in [-0.2, 0) is 4.79 Å². The number of hydrogen-bond donors (Lipinski definition) is 1. The molecule has 1 heterocycles. The Morgan fingerprint density at radius 1 is 1.70 bits per heavy atom. The van der Waals surface area contributed by atoms with Crippen molar-refractivity contribution in [2.45, 2.75) is 5.13 Å². The third-order valence-electron chi connectivity index (χ3n) is 0.867. The Labute approximate surface area is 60.1 Å². The molecular weight excluding hydrogens is 163 g/mol. The van der Waals surface area contributed by atoms with E-state index in [0.717, 1.165) is 0 Å². The highest BCUT2D eigenvalue weighted by Crippen LogP contribution is 2.16. The van der Waals surface area contributed by atoms with E-state index in [1.54, 1.807) is 5.32 Å². The van der Waals surface area contributed by atoms with Crippen LogP contribution in [0.15, 0.2) is 4.99 Å². The molecule has 3 amide bonds. The minimum atomic E-state index is -2.67. The Hall–Kier alpha value is -0.970. The molecule has 6 heteroatoms. The smallest absolute Gasteiger partial charge is 0.272 e. The van der Waals surface area contributed by atoms with Crippen LogP contribution in [0, 0.1) is 0 Å². The SMILES string of the molecule is O=C1N=C[C@](F)(Cl)C(=O)N1. The number of imide groups is 1. The lowest BCUT2D eigenvalue weighted by Gasteiger charge is -2.13. The monoisotopic (exact) mass is 164 g/mol. The van der Waals surface area contributed by atoms with E-state index in [-0.39, 0.29) is 0 Å². The average Bonchev–Trinajstić information content (AvgIpc) is 1.81. The third-order valence-corrected chi connectivity index (χ3v) is 1.14. The number of nitrogens with zero attached hydrogens (tertiary/aromatic N) is 1. The quantitative estimate of drug-likeness (QED) is 0.521. The molecule has 1 aliphatic rings. The summed E-state index contributed by atoms with van der Waals surface area (Å²) in [5, 5.41) is -1.09. The van der Waals surface area contributed by atoms with Gasteiger partial charge in [-0.1, -0.05) is 11.6 Å². The van der Waals surface area contributed by atoms with Gasteiger partial charge in [0.2, 0.25) is 0 Å². The van der Waals surface area contributed by atoms with Crippen LogP contribution in [0.3, 0.4) is 0 Å². The predicted octanol–water partition coefficient (Wildman–Crippen LogP) is 0.212. The fourth-order valence-electron chi connectivity index (χ4n) is 0.411. The van der Waals surface area contributed by atoms with E-state index >= 15 is 0 Å². The summed E-state index contributed by atoms with van der Waals surface area (Å²) in [4.78, 5) is 23.5. The standard InChI is InChI=1S/C4H2ClFN2O2/c5-4(6)1-7-3(10)8-2(4)9/h1H,(H,8,9,10)/t4-/m1/s1. The first-order chi connectivity index (χ1) is 4.52. The number of amides is 3. The van der Waals surface area contributed by atoms with Crippen LogP contribution >= 0.6 is 11.6 Å². The van der Waals surface area contributed by atoms with Crippen molar-refractivity contribution in [2.24, 2.45) is 4.99 Å². The van der Waals surface area contributed by atoms with Gasteiger partial charge in [0, 0.05) is 0 Å². The second-order valence-electron chi connectivity index (χ2n) is 1.64. The van der Waals surface area contributed by atoms with Crippen molar-refractivity contribution in [1.29, 1.82) is 0 Å². The van der Waals surface area contributed by atoms with Crippen molar-refractivity contribution in [2.75, 3.05) is 0 Å². The maximum Gasteiger partial charge on any atom is 0.347 e. The molecule has 0 bridgehead atoms. The summed E-state index contributed by atoms with van der Waals surface area (Å²) >= 11 is 4.91. The van der Waals surface area contributed by atoms with Gasteiger partial charge in [-0.15, -0.1) is 0 Å². The van der Waals surface area contributed by atoms with Crippen LogP contribution in [0.2, 0.25) is 0 Å². The fourth-order valence-corrected chi connectivity index (χ4v) is 0.507. The van der Waals surface area contributed by atoms with Crippen LogP contribution in [0.4, 0.5) is 9.18 Å². The highest BCUT2D eigenvalue weighted by molar-refractivity contribution is 6.44. The van der Waals surface area contributed by atoms with Gasteiger partial charge in [-0.2, -0.15) is 0 Å². The van der Waals surface area contributed by atoms with Crippen LogP contribution in [0.5, 0.6) is 0 Å². The number of carbonyl (C=O) groups is 2. The molecule has 0 aromatic rings. The molecule has 54 valence electrons. The Morgan fingerprint density at radius 3 is 2.70 bits per heavy atom. The number of nitrogens with one attached hydrogen (secondary N) is 1. The lowest BCUT2D eigenvalue weighted by atomic mass is 10.3. The van der Waals surface area contributed by atoms with Crippen molar-refractivity contribution >= 4 is 29.8 Å². The minimum Gasteiger partial charge on any atom is -0.272 e. The predicted molar refractivity (Wildman–Crippen MR) is 31.7 cm³/mol. The number of hydrogen-bond acceptors (Lipinski definition) is 2. The Balaban J connectivity index is 2.93. The average molecular weight is 165 g/mol. The summed E-state index contributed by atoms with van der Waals surface area (Å²) in [5.41, 5.74) is 0. The van der Waals surface area contributed by atoms with Crippen LogP contribution in [0.25, 0.3) is 0 Å². The molecule has 0 saturated heterocycles. The van der Waals surface area contributed by atoms with Crippen molar-refractivity contribution in [3.63, 3.8) is 0 Å². The number of rotatable bonds is 0. The molecule has 0 fully saturated rings. The molecule has 1 aliphatic heterocycles. The number of halogens is 2. The summed E-state index contributed by atoms with van der Waals surface area (Å²) in [7, 11) is 0. The summed E-state index contributed by atoms with van der Waals surface area (Å²) < 4.78 is 12.5. The lowest BCUT2D eigenvalue weighted by molar-refractivity contribution is -0.124. The number of carbonyl (C=O) groups excluding carboxylic acids is 2. The maximum atomic E-state index is 12.5. The van der Waals surface area contributed by atoms with Crippen LogP contribution in [-0.4, -0.2) is 23.3 Å². The molecule has 1 atom stereocenters. The number of aliphatic imine (C=N–C) groups is 1. The Morgan fingerprint density at radius 2 is 2.30 bits per heavy atom. The van der Waals surface area contributed by atoms with Crippen molar-refractivity contribution in [3.8, 4) is 0 Å². The summed E-state index contributed by atoms with van der Waals surface area (Å²) in [6, 6.07) is -0.904. The largest absolute Gasteiger partial charge is 0.347 e. The van der Waals surface area contributed by atoms with Gasteiger partial charge in [0.15, 0.2) is 0 Å². The second-order valence-corrected chi connectivity index (χ2v) is 2.19. The van der Waals surface area contributed by atoms with Crippen molar-refractivity contribution in [1.82, 2.24) is 5.32 Å². The van der Waals surface area contributed by atoms with Crippen LogP contribution in [0.1, 0.15) is 0 Å². The summed E-state index contributed by atoms with van der Waals surface area (Å²) in [6.07, 6.45) is 0.454. The Bertz CT molecular complexity index is 225. The molecule has 0 radical (unpaired) electrons. The van der Waals surface area contributed by atoms with E-state index in [1.165, 1.54) is 0 Å². The first kappa shape index (κ1) is 7.14. The van der Waals surface area contributed by atoms with Gasteiger partial charge < -0.3 is 0 Å². The van der Waals surface area contributed by atoms with Gasteiger partial charge in [-0.3, -0.25) is 10.1 Å². The van der Waals surface area contributed by atoms with Gasteiger partial charge in [-0.25, -0.2) is 14.2 Å². The van der Waals surface area contributed by atoms with E-state index in [0.29, 0.717) is 6.21 Å². The number of alkyl halides is 2. The van der Waals surface area contributed by atoms with E-state index in [9.17, 15) is 14.0 Å². The molecule has 10 heavy (non-hydrogen) atoms. The van der Waals surface area contributed by atoms with E-state index in [2.05, 4.69) is 4.99 Å². The molecule has 1 rings (SSSR count). The summed E-state index contributed by atoms with van der Waals surface area (Å²) in [6.45, 7) is 0. The van der Waals surface area contributed by atoms with Crippen LogP contribution < -0.4 is 5.32 Å². The minimum absolute atomic E-state index is 0.454. The molecule has 0 unspecified atom stereocenters. The maximum absolute atomic E-state index is 12.5. The van der Waals surface area contributed by atoms with Gasteiger partial charge in [0.05, 0.1) is 6.21 Å². The topological polar surface area (TPSA) is 58.5 Å². The van der Waals surface area contributed by atoms with Crippen molar-refractivity contribution < 1.29 is 14.0 Å². The second kappa shape index (κ2) is 2.02. The lowest BCUT2D eigenvalue weighted by Crippen LogP contribution is -2.46. The van der Waals surface area contributed by atoms with E-state index in [1.807, 2.05) is 0 Å². The third kappa shape index (κ3) is 1.13. The molecule has 0 aliphatic carbocycles. The van der Waals surface area contributed by atoms with E-state index in [4.69, 9.17) is 11.6 Å². The molecule has 4 nitrogen and oxygen atoms in total. The first-order valence-corrected chi connectivity index (χ1v) is 2.68. The fraction of sp³-hybridized carbons (Fsp3) is 0.250. The highest BCUT2D eigenvalue weighted by atomic mass is 35.5. The highest BCUT2D eigenvalue weighted by Gasteiger charge is 2.38.